The van der Waals surface area contributed by atoms with Crippen LogP contribution < -0.4 is 4.72 Å². The van der Waals surface area contributed by atoms with E-state index in [0.29, 0.717) is 18.4 Å². The lowest BCUT2D eigenvalue weighted by Crippen LogP contribution is -2.53. The Balaban J connectivity index is 2.45. The first kappa shape index (κ1) is 18.8. The number of carbonyl (C=O) groups excluding carboxylic acids is 1. The summed E-state index contributed by atoms with van der Waals surface area (Å²) in [5.41, 5.74) is -0.922. The molecule has 0 amide bonds. The lowest BCUT2D eigenvalue weighted by Gasteiger charge is -2.27. The van der Waals surface area contributed by atoms with Crippen LogP contribution in [0.5, 0.6) is 0 Å². The number of esters is 1. The quantitative estimate of drug-likeness (QED) is 0.606. The SMILES string of the molecule is COC(=O)C1(NS(=O)(=O)c2ccc(Cl)c(CCl)c2Cl)CCCC1. The largest absolute Gasteiger partial charge is 0.468 e. The van der Waals surface area contributed by atoms with Crippen LogP contribution in [0.2, 0.25) is 10.0 Å². The van der Waals surface area contributed by atoms with E-state index in [1.165, 1.54) is 19.2 Å². The van der Waals surface area contributed by atoms with Gasteiger partial charge in [0.1, 0.15) is 10.4 Å². The molecule has 1 aromatic rings. The molecule has 0 bridgehead atoms. The number of halogens is 3. The average Bonchev–Trinajstić information content (AvgIpc) is 2.95. The highest BCUT2D eigenvalue weighted by molar-refractivity contribution is 7.89. The Morgan fingerprint density at radius 2 is 1.91 bits per heavy atom. The molecule has 1 fully saturated rings. The minimum atomic E-state index is -4.04. The highest BCUT2D eigenvalue weighted by Gasteiger charge is 2.46. The number of rotatable bonds is 5. The van der Waals surface area contributed by atoms with Crippen molar-refractivity contribution in [2.45, 2.75) is 42.0 Å². The first-order chi connectivity index (χ1) is 10.8. The Morgan fingerprint density at radius 1 is 1.30 bits per heavy atom. The number of ether oxygens (including phenoxy) is 1. The van der Waals surface area contributed by atoms with Gasteiger partial charge in [0.15, 0.2) is 0 Å². The number of benzene rings is 1. The van der Waals surface area contributed by atoms with Crippen molar-refractivity contribution >= 4 is 50.8 Å². The molecule has 0 aliphatic heterocycles. The lowest BCUT2D eigenvalue weighted by atomic mass is 10.00. The van der Waals surface area contributed by atoms with Gasteiger partial charge in [-0.2, -0.15) is 4.72 Å². The number of sulfonamides is 1. The number of hydrogen-bond acceptors (Lipinski definition) is 4. The maximum Gasteiger partial charge on any atom is 0.327 e. The summed E-state index contributed by atoms with van der Waals surface area (Å²) in [6.07, 6.45) is 2.23. The van der Waals surface area contributed by atoms with E-state index in [0.717, 1.165) is 12.8 Å². The normalized spacial score (nSPS) is 17.2. The molecule has 0 spiro atoms. The van der Waals surface area contributed by atoms with Gasteiger partial charge in [0.05, 0.1) is 18.0 Å². The minimum absolute atomic E-state index is 0.0246. The van der Waals surface area contributed by atoms with Gasteiger partial charge in [0.25, 0.3) is 0 Å². The molecule has 1 aliphatic rings. The zero-order valence-electron chi connectivity index (χ0n) is 12.4. The van der Waals surface area contributed by atoms with Crippen LogP contribution in [0.1, 0.15) is 31.2 Å². The Kier molecular flexibility index (Phi) is 5.85. The molecular formula is C14H16Cl3NO4S. The van der Waals surface area contributed by atoms with Gasteiger partial charge in [-0.15, -0.1) is 11.6 Å². The van der Waals surface area contributed by atoms with Gasteiger partial charge < -0.3 is 4.74 Å². The zero-order valence-corrected chi connectivity index (χ0v) is 15.4. The van der Waals surface area contributed by atoms with Crippen LogP contribution in [0.3, 0.4) is 0 Å². The lowest BCUT2D eigenvalue weighted by molar-refractivity contribution is -0.147. The predicted molar refractivity (Wildman–Crippen MR) is 89.6 cm³/mol. The molecule has 9 heteroatoms. The number of alkyl halides is 1. The summed E-state index contributed by atoms with van der Waals surface area (Å²) in [6.45, 7) is 0. The number of hydrogen-bond donors (Lipinski definition) is 1. The molecule has 1 N–H and O–H groups in total. The highest BCUT2D eigenvalue weighted by atomic mass is 35.5. The first-order valence-corrected chi connectivity index (χ1v) is 9.70. The molecule has 0 radical (unpaired) electrons. The number of nitrogens with one attached hydrogen (secondary N) is 1. The summed E-state index contributed by atoms with van der Waals surface area (Å²) in [5, 5.41) is 0.241. The second kappa shape index (κ2) is 7.15. The van der Waals surface area contributed by atoms with Gasteiger partial charge in [-0.3, -0.25) is 4.79 Å². The van der Waals surface area contributed by atoms with Crippen LogP contribution in [0.4, 0.5) is 0 Å². The molecule has 0 saturated heterocycles. The number of methoxy groups -OCH3 is 1. The molecule has 23 heavy (non-hydrogen) atoms. The molecule has 0 heterocycles. The van der Waals surface area contributed by atoms with E-state index < -0.39 is 21.5 Å². The van der Waals surface area contributed by atoms with Gasteiger partial charge in [-0.05, 0) is 25.0 Å². The van der Waals surface area contributed by atoms with Crippen molar-refractivity contribution in [3.63, 3.8) is 0 Å². The Labute approximate surface area is 150 Å². The molecular weight excluding hydrogens is 385 g/mol. The summed E-state index contributed by atoms with van der Waals surface area (Å²) >= 11 is 17.9. The maximum atomic E-state index is 12.7. The van der Waals surface area contributed by atoms with Crippen LogP contribution in [0.15, 0.2) is 17.0 Å². The third-order valence-electron chi connectivity index (χ3n) is 3.94. The van der Waals surface area contributed by atoms with Crippen LogP contribution in [-0.2, 0) is 25.4 Å². The third kappa shape index (κ3) is 3.61. The summed E-state index contributed by atoms with van der Waals surface area (Å²) in [5.74, 6) is -0.621. The van der Waals surface area contributed by atoms with Crippen molar-refractivity contribution < 1.29 is 17.9 Å². The van der Waals surface area contributed by atoms with Crippen LogP contribution in [-0.4, -0.2) is 27.0 Å². The molecule has 128 valence electrons. The van der Waals surface area contributed by atoms with Gasteiger partial charge in [-0.25, -0.2) is 8.42 Å². The molecule has 0 aromatic heterocycles. The molecule has 1 aliphatic carbocycles. The Hall–Kier alpha value is -0.530. The van der Waals surface area contributed by atoms with E-state index in [9.17, 15) is 13.2 Å². The monoisotopic (exact) mass is 399 g/mol. The van der Waals surface area contributed by atoms with Crippen molar-refractivity contribution in [3.05, 3.63) is 27.7 Å². The number of carbonyl (C=O) groups is 1. The molecule has 0 atom stereocenters. The second-order valence-corrected chi connectivity index (χ2v) is 8.06. The fourth-order valence-electron chi connectivity index (χ4n) is 2.74. The van der Waals surface area contributed by atoms with Crippen molar-refractivity contribution in [3.8, 4) is 0 Å². The van der Waals surface area contributed by atoms with Crippen molar-refractivity contribution in [2.75, 3.05) is 7.11 Å². The summed E-state index contributed by atoms with van der Waals surface area (Å²) in [6, 6.07) is 2.71. The third-order valence-corrected chi connectivity index (χ3v) is 6.68. The van der Waals surface area contributed by atoms with Gasteiger partial charge in [0.2, 0.25) is 10.0 Å². The van der Waals surface area contributed by atoms with E-state index in [2.05, 4.69) is 4.72 Å². The topological polar surface area (TPSA) is 72.5 Å². The van der Waals surface area contributed by atoms with Crippen LogP contribution in [0, 0.1) is 0 Å². The second-order valence-electron chi connectivity index (χ2n) is 5.36. The summed E-state index contributed by atoms with van der Waals surface area (Å²) < 4.78 is 32.7. The van der Waals surface area contributed by atoms with E-state index in [1.54, 1.807) is 0 Å². The standard InChI is InChI=1S/C14H16Cl3NO4S/c1-22-13(19)14(6-2-3-7-14)18-23(20,21)11-5-4-10(16)9(8-15)12(11)17/h4-5,18H,2-3,6-8H2,1H3. The van der Waals surface area contributed by atoms with E-state index in [4.69, 9.17) is 39.5 Å². The fourth-order valence-corrected chi connectivity index (χ4v) is 5.48. The zero-order chi connectivity index (χ0) is 17.3. The maximum absolute atomic E-state index is 12.7. The van der Waals surface area contributed by atoms with Crippen molar-refractivity contribution in [2.24, 2.45) is 0 Å². The van der Waals surface area contributed by atoms with Crippen molar-refractivity contribution in [1.29, 1.82) is 0 Å². The van der Waals surface area contributed by atoms with E-state index in [1.807, 2.05) is 0 Å². The van der Waals surface area contributed by atoms with Crippen LogP contribution >= 0.6 is 34.8 Å². The molecule has 0 unspecified atom stereocenters. The average molecular weight is 401 g/mol. The van der Waals surface area contributed by atoms with Crippen molar-refractivity contribution in [1.82, 2.24) is 4.72 Å². The highest BCUT2D eigenvalue weighted by Crippen LogP contribution is 2.36. The fraction of sp³-hybridized carbons (Fsp3) is 0.500. The van der Waals surface area contributed by atoms with Gasteiger partial charge in [-0.1, -0.05) is 36.0 Å². The molecule has 5 nitrogen and oxygen atoms in total. The van der Waals surface area contributed by atoms with E-state index >= 15 is 0 Å². The first-order valence-electron chi connectivity index (χ1n) is 6.92. The predicted octanol–water partition coefficient (Wildman–Crippen LogP) is 3.50. The molecule has 2 rings (SSSR count). The summed E-state index contributed by atoms with van der Waals surface area (Å²) in [7, 11) is -2.80. The molecule has 1 saturated carbocycles. The Bertz CT molecular complexity index is 715. The van der Waals surface area contributed by atoms with Gasteiger partial charge in [0, 0.05) is 10.6 Å². The smallest absolute Gasteiger partial charge is 0.327 e. The minimum Gasteiger partial charge on any atom is -0.468 e. The molecule has 1 aromatic carbocycles. The van der Waals surface area contributed by atoms with Gasteiger partial charge >= 0.3 is 5.97 Å². The Morgan fingerprint density at radius 3 is 2.43 bits per heavy atom. The summed E-state index contributed by atoms with van der Waals surface area (Å²) in [4.78, 5) is 11.9. The van der Waals surface area contributed by atoms with E-state index in [-0.39, 0.29) is 20.8 Å². The van der Waals surface area contributed by atoms with Crippen LogP contribution in [0.25, 0.3) is 0 Å².